The molecule has 3 aromatic rings. The number of hydrogen-bond acceptors (Lipinski definition) is 6. The third-order valence-electron chi connectivity index (χ3n) is 4.33. The van der Waals surface area contributed by atoms with Crippen molar-refractivity contribution in [3.8, 4) is 11.5 Å². The fourth-order valence-corrected chi connectivity index (χ4v) is 3.16. The van der Waals surface area contributed by atoms with Crippen LogP contribution in [0.25, 0.3) is 11.0 Å². The van der Waals surface area contributed by atoms with Crippen LogP contribution in [0.4, 0.5) is 21.9 Å². The first-order valence-corrected chi connectivity index (χ1v) is 9.65. The summed E-state index contributed by atoms with van der Waals surface area (Å²) in [5.74, 6) is 0.752. The van der Waals surface area contributed by atoms with E-state index >= 15 is 0 Å². The Morgan fingerprint density at radius 1 is 1.07 bits per heavy atom. The van der Waals surface area contributed by atoms with Gasteiger partial charge >= 0.3 is 11.7 Å². The molecule has 30 heavy (non-hydrogen) atoms. The topological polar surface area (TPSA) is 102 Å². The number of carbonyl (C=O) groups is 1. The Labute approximate surface area is 178 Å². The van der Waals surface area contributed by atoms with Crippen LogP contribution in [-0.4, -0.2) is 26.8 Å². The minimum atomic E-state index is -0.665. The Hall–Kier alpha value is -3.39. The molecule has 0 atom stereocenters. The highest BCUT2D eigenvalue weighted by Crippen LogP contribution is 2.36. The number of para-hydroxylation sites is 1. The molecule has 8 nitrogen and oxygen atoms in total. The number of urea groups is 1. The van der Waals surface area contributed by atoms with E-state index in [2.05, 4.69) is 16.0 Å². The molecule has 1 aromatic heterocycles. The molecule has 0 aliphatic carbocycles. The van der Waals surface area contributed by atoms with Gasteiger partial charge in [-0.25, -0.2) is 9.59 Å². The van der Waals surface area contributed by atoms with E-state index in [1.54, 1.807) is 18.2 Å². The molecule has 2 amide bonds. The summed E-state index contributed by atoms with van der Waals surface area (Å²) in [5, 5.41) is 9.40. The Morgan fingerprint density at radius 2 is 1.80 bits per heavy atom. The second-order valence-electron chi connectivity index (χ2n) is 6.33. The van der Waals surface area contributed by atoms with Gasteiger partial charge in [-0.05, 0) is 24.6 Å². The quantitative estimate of drug-likeness (QED) is 0.458. The standard InChI is InChI=1S/C21H22ClN3O5/c1-4-9-23-18-12-7-5-6-8-15(12)30-20(26)19(18)25-21(27)24-14-10-13(22)16(28-2)11-17(14)29-3/h5-8,10-11,23H,4,9H2,1-3H3,(H2,24,25,27). The van der Waals surface area contributed by atoms with Crippen molar-refractivity contribution in [2.45, 2.75) is 13.3 Å². The molecule has 0 spiro atoms. The zero-order valence-corrected chi connectivity index (χ0v) is 17.6. The van der Waals surface area contributed by atoms with Gasteiger partial charge in [0.15, 0.2) is 5.69 Å². The van der Waals surface area contributed by atoms with Crippen molar-refractivity contribution in [2.24, 2.45) is 0 Å². The van der Waals surface area contributed by atoms with E-state index in [1.807, 2.05) is 19.1 Å². The molecule has 0 unspecified atom stereocenters. The molecule has 158 valence electrons. The van der Waals surface area contributed by atoms with Gasteiger partial charge < -0.3 is 24.5 Å². The third-order valence-corrected chi connectivity index (χ3v) is 4.62. The van der Waals surface area contributed by atoms with E-state index < -0.39 is 11.7 Å². The number of ether oxygens (including phenoxy) is 2. The third kappa shape index (κ3) is 4.44. The van der Waals surface area contributed by atoms with Gasteiger partial charge in [-0.2, -0.15) is 0 Å². The van der Waals surface area contributed by atoms with Crippen molar-refractivity contribution >= 4 is 45.7 Å². The minimum absolute atomic E-state index is 0.0122. The largest absolute Gasteiger partial charge is 0.495 e. The normalized spacial score (nSPS) is 10.5. The van der Waals surface area contributed by atoms with Gasteiger partial charge in [-0.15, -0.1) is 0 Å². The Kier molecular flexibility index (Phi) is 6.68. The van der Waals surface area contributed by atoms with Crippen molar-refractivity contribution in [1.29, 1.82) is 0 Å². The van der Waals surface area contributed by atoms with Crippen LogP contribution >= 0.6 is 11.6 Å². The first kappa shape index (κ1) is 21.3. The molecule has 9 heteroatoms. The molecular formula is C21H22ClN3O5. The van der Waals surface area contributed by atoms with E-state index in [0.717, 1.165) is 6.42 Å². The van der Waals surface area contributed by atoms with Crippen LogP contribution in [0.3, 0.4) is 0 Å². The first-order chi connectivity index (χ1) is 14.5. The van der Waals surface area contributed by atoms with Gasteiger partial charge in [0, 0.05) is 18.0 Å². The fraction of sp³-hybridized carbons (Fsp3) is 0.238. The molecule has 0 aliphatic rings. The predicted octanol–water partition coefficient (Wildman–Crippen LogP) is 4.93. The maximum Gasteiger partial charge on any atom is 0.362 e. The second-order valence-corrected chi connectivity index (χ2v) is 6.74. The Morgan fingerprint density at radius 3 is 2.50 bits per heavy atom. The van der Waals surface area contributed by atoms with Crippen LogP contribution in [0, 0.1) is 0 Å². The zero-order chi connectivity index (χ0) is 21.7. The number of nitrogens with one attached hydrogen (secondary N) is 3. The Bertz CT molecular complexity index is 1130. The van der Waals surface area contributed by atoms with E-state index in [-0.39, 0.29) is 5.69 Å². The zero-order valence-electron chi connectivity index (χ0n) is 16.8. The molecule has 0 radical (unpaired) electrons. The lowest BCUT2D eigenvalue weighted by molar-refractivity contribution is 0.262. The number of fused-ring (bicyclic) bond motifs is 1. The lowest BCUT2D eigenvalue weighted by Gasteiger charge is -2.16. The van der Waals surface area contributed by atoms with Crippen LogP contribution < -0.4 is 31.0 Å². The molecule has 0 saturated carbocycles. The van der Waals surface area contributed by atoms with Gasteiger partial charge in [0.25, 0.3) is 0 Å². The van der Waals surface area contributed by atoms with Gasteiger partial charge in [0.2, 0.25) is 0 Å². The molecule has 1 heterocycles. The highest BCUT2D eigenvalue weighted by atomic mass is 35.5. The van der Waals surface area contributed by atoms with Crippen molar-refractivity contribution in [3.63, 3.8) is 0 Å². The number of halogens is 1. The van der Waals surface area contributed by atoms with Gasteiger partial charge in [0.05, 0.1) is 30.6 Å². The number of rotatable bonds is 7. The predicted molar refractivity (Wildman–Crippen MR) is 118 cm³/mol. The summed E-state index contributed by atoms with van der Waals surface area (Å²) in [5.41, 5.74) is 0.587. The van der Waals surface area contributed by atoms with Crippen molar-refractivity contribution < 1.29 is 18.7 Å². The van der Waals surface area contributed by atoms with Crippen molar-refractivity contribution in [2.75, 3.05) is 36.7 Å². The second kappa shape index (κ2) is 9.41. The van der Waals surface area contributed by atoms with Gasteiger partial charge in [-0.3, -0.25) is 5.32 Å². The summed E-state index contributed by atoms with van der Waals surface area (Å²) in [7, 11) is 2.93. The average Bonchev–Trinajstić information content (AvgIpc) is 2.73. The molecule has 0 saturated heterocycles. The number of methoxy groups -OCH3 is 2. The van der Waals surface area contributed by atoms with Crippen molar-refractivity contribution in [1.82, 2.24) is 0 Å². The lowest BCUT2D eigenvalue weighted by Crippen LogP contribution is -2.25. The van der Waals surface area contributed by atoms with E-state index in [9.17, 15) is 9.59 Å². The summed E-state index contributed by atoms with van der Waals surface area (Å²) in [6.45, 7) is 2.62. The number of carbonyl (C=O) groups excluding carboxylic acids is 1. The summed E-state index contributed by atoms with van der Waals surface area (Å²) in [6.07, 6.45) is 0.835. The maximum atomic E-state index is 12.7. The van der Waals surface area contributed by atoms with Crippen LogP contribution in [0.2, 0.25) is 5.02 Å². The van der Waals surface area contributed by atoms with Gasteiger partial charge in [0.1, 0.15) is 17.1 Å². The van der Waals surface area contributed by atoms with Crippen LogP contribution in [0.5, 0.6) is 11.5 Å². The highest BCUT2D eigenvalue weighted by molar-refractivity contribution is 6.32. The van der Waals surface area contributed by atoms with E-state index in [1.165, 1.54) is 20.3 Å². The average molecular weight is 432 g/mol. The van der Waals surface area contributed by atoms with Gasteiger partial charge in [-0.1, -0.05) is 30.7 Å². The molecule has 2 aromatic carbocycles. The smallest absolute Gasteiger partial charge is 0.362 e. The van der Waals surface area contributed by atoms with Crippen LogP contribution in [-0.2, 0) is 0 Å². The number of hydrogen-bond donors (Lipinski definition) is 3. The molecule has 0 bridgehead atoms. The van der Waals surface area contributed by atoms with Crippen LogP contribution in [0.1, 0.15) is 13.3 Å². The van der Waals surface area contributed by atoms with E-state index in [4.69, 9.17) is 25.5 Å². The number of amides is 2. The highest BCUT2D eigenvalue weighted by Gasteiger charge is 2.18. The molecule has 0 fully saturated rings. The monoisotopic (exact) mass is 431 g/mol. The van der Waals surface area contributed by atoms with E-state index in [0.29, 0.717) is 45.4 Å². The first-order valence-electron chi connectivity index (χ1n) is 9.27. The summed E-state index contributed by atoms with van der Waals surface area (Å²) >= 11 is 6.15. The minimum Gasteiger partial charge on any atom is -0.495 e. The Balaban J connectivity index is 1.94. The van der Waals surface area contributed by atoms with Crippen molar-refractivity contribution in [3.05, 3.63) is 51.8 Å². The maximum absolute atomic E-state index is 12.7. The number of anilines is 3. The molecule has 3 rings (SSSR count). The number of benzene rings is 2. The molecule has 3 N–H and O–H groups in total. The summed E-state index contributed by atoms with van der Waals surface area (Å²) in [6, 6.07) is 9.50. The SMILES string of the molecule is CCCNc1c(NC(=O)Nc2cc(Cl)c(OC)cc2OC)c(=O)oc2ccccc12. The summed E-state index contributed by atoms with van der Waals surface area (Å²) < 4.78 is 15.8. The lowest BCUT2D eigenvalue weighted by atomic mass is 10.2. The summed E-state index contributed by atoms with van der Waals surface area (Å²) in [4.78, 5) is 25.2. The molecule has 0 aliphatic heterocycles. The fourth-order valence-electron chi connectivity index (χ4n) is 2.92. The molecular weight excluding hydrogens is 410 g/mol. The van der Waals surface area contributed by atoms with Crippen LogP contribution in [0.15, 0.2) is 45.6 Å².